The number of hydrogen-bond donors (Lipinski definition) is 1. The summed E-state index contributed by atoms with van der Waals surface area (Å²) in [6.07, 6.45) is 3.78. The highest BCUT2D eigenvalue weighted by Crippen LogP contribution is 2.17. The van der Waals surface area contributed by atoms with Gasteiger partial charge < -0.3 is 14.4 Å². The summed E-state index contributed by atoms with van der Waals surface area (Å²) in [5, 5.41) is 9.89. The van der Waals surface area contributed by atoms with Crippen LogP contribution in [0.2, 0.25) is 0 Å². The van der Waals surface area contributed by atoms with E-state index in [4.69, 9.17) is 4.74 Å². The van der Waals surface area contributed by atoms with E-state index in [-0.39, 0.29) is 11.6 Å². The van der Waals surface area contributed by atoms with Gasteiger partial charge in [0.25, 0.3) is 0 Å². The third-order valence-electron chi connectivity index (χ3n) is 2.91. The number of aliphatic hydroxyl groups is 1. The molecule has 0 aromatic carbocycles. The minimum atomic E-state index is -0.493. The second-order valence-electron chi connectivity index (χ2n) is 4.04. The van der Waals surface area contributed by atoms with Gasteiger partial charge in [-0.2, -0.15) is 0 Å². The molecule has 1 N–H and O–H groups in total. The van der Waals surface area contributed by atoms with Crippen LogP contribution in [0.4, 0.5) is 0 Å². The predicted molar refractivity (Wildman–Crippen MR) is 54.6 cm³/mol. The SMILES string of the molecule is Cn1ccn(CC(O)C2CCOC2)c1=O. The Morgan fingerprint density at radius 1 is 1.67 bits per heavy atom. The van der Waals surface area contributed by atoms with Crippen LogP contribution in [-0.2, 0) is 18.3 Å². The molecule has 0 amide bonds. The zero-order chi connectivity index (χ0) is 10.8. The lowest BCUT2D eigenvalue weighted by Crippen LogP contribution is -2.31. The third kappa shape index (κ3) is 2.13. The Labute approximate surface area is 87.9 Å². The Bertz CT molecular complexity index is 376. The van der Waals surface area contributed by atoms with E-state index in [1.165, 1.54) is 9.13 Å². The van der Waals surface area contributed by atoms with Gasteiger partial charge in [-0.15, -0.1) is 0 Å². The van der Waals surface area contributed by atoms with Gasteiger partial charge in [0.05, 0.1) is 19.3 Å². The maximum absolute atomic E-state index is 11.5. The fourth-order valence-corrected chi connectivity index (χ4v) is 1.86. The van der Waals surface area contributed by atoms with Crippen molar-refractivity contribution in [1.29, 1.82) is 0 Å². The normalized spacial score (nSPS) is 23.2. The number of nitrogens with zero attached hydrogens (tertiary/aromatic N) is 2. The van der Waals surface area contributed by atoms with Crippen molar-refractivity contribution in [2.45, 2.75) is 19.1 Å². The number of aryl methyl sites for hydroxylation is 1. The van der Waals surface area contributed by atoms with Crippen molar-refractivity contribution in [3.63, 3.8) is 0 Å². The van der Waals surface area contributed by atoms with E-state index in [1.54, 1.807) is 19.4 Å². The van der Waals surface area contributed by atoms with E-state index in [0.717, 1.165) is 6.42 Å². The minimum absolute atomic E-state index is 0.0898. The maximum atomic E-state index is 11.5. The van der Waals surface area contributed by atoms with Crippen LogP contribution in [0.3, 0.4) is 0 Å². The predicted octanol–water partition coefficient (Wildman–Crippen LogP) is -0.416. The molecule has 84 valence electrons. The molecule has 1 aromatic heterocycles. The zero-order valence-corrected chi connectivity index (χ0v) is 8.80. The van der Waals surface area contributed by atoms with Gasteiger partial charge in [-0.1, -0.05) is 0 Å². The number of imidazole rings is 1. The van der Waals surface area contributed by atoms with E-state index < -0.39 is 6.10 Å². The standard InChI is InChI=1S/C10H16N2O3/c1-11-3-4-12(10(11)14)6-9(13)8-2-5-15-7-8/h3-4,8-9,13H,2,5-7H2,1H3. The van der Waals surface area contributed by atoms with Crippen molar-refractivity contribution in [1.82, 2.24) is 9.13 Å². The highest BCUT2D eigenvalue weighted by molar-refractivity contribution is 4.82. The van der Waals surface area contributed by atoms with Gasteiger partial charge in [-0.05, 0) is 6.42 Å². The summed E-state index contributed by atoms with van der Waals surface area (Å²) in [5.74, 6) is 0.164. The van der Waals surface area contributed by atoms with Crippen LogP contribution in [0, 0.1) is 5.92 Å². The van der Waals surface area contributed by atoms with E-state index in [9.17, 15) is 9.90 Å². The average Bonchev–Trinajstić information content (AvgIpc) is 2.83. The molecule has 2 atom stereocenters. The fourth-order valence-electron chi connectivity index (χ4n) is 1.86. The molecule has 0 bridgehead atoms. The summed E-state index contributed by atoms with van der Waals surface area (Å²) in [6.45, 7) is 1.67. The summed E-state index contributed by atoms with van der Waals surface area (Å²) >= 11 is 0. The molecular weight excluding hydrogens is 196 g/mol. The summed E-state index contributed by atoms with van der Waals surface area (Å²) in [4.78, 5) is 11.5. The molecule has 0 spiro atoms. The Morgan fingerprint density at radius 3 is 3.00 bits per heavy atom. The van der Waals surface area contributed by atoms with Crippen LogP contribution in [0.25, 0.3) is 0 Å². The monoisotopic (exact) mass is 212 g/mol. The quantitative estimate of drug-likeness (QED) is 0.740. The lowest BCUT2D eigenvalue weighted by atomic mass is 10.0. The maximum Gasteiger partial charge on any atom is 0.327 e. The van der Waals surface area contributed by atoms with Crippen LogP contribution in [0.5, 0.6) is 0 Å². The zero-order valence-electron chi connectivity index (χ0n) is 8.80. The number of hydrogen-bond acceptors (Lipinski definition) is 3. The average molecular weight is 212 g/mol. The molecule has 1 saturated heterocycles. The Hall–Kier alpha value is -1.07. The second kappa shape index (κ2) is 4.20. The highest BCUT2D eigenvalue weighted by atomic mass is 16.5. The van der Waals surface area contributed by atoms with Gasteiger partial charge >= 0.3 is 5.69 Å². The van der Waals surface area contributed by atoms with Crippen LogP contribution in [-0.4, -0.2) is 33.6 Å². The van der Waals surface area contributed by atoms with Crippen LogP contribution >= 0.6 is 0 Å². The molecule has 2 rings (SSSR count). The van der Waals surface area contributed by atoms with E-state index in [0.29, 0.717) is 19.8 Å². The topological polar surface area (TPSA) is 56.4 Å². The van der Waals surface area contributed by atoms with Crippen molar-refractivity contribution < 1.29 is 9.84 Å². The Balaban J connectivity index is 2.02. The molecule has 0 aliphatic carbocycles. The third-order valence-corrected chi connectivity index (χ3v) is 2.91. The molecule has 1 aliphatic rings. The first-order valence-corrected chi connectivity index (χ1v) is 5.16. The molecule has 5 nitrogen and oxygen atoms in total. The molecular formula is C10H16N2O3. The van der Waals surface area contributed by atoms with E-state index in [1.807, 2.05) is 0 Å². The number of aromatic nitrogens is 2. The van der Waals surface area contributed by atoms with Crippen LogP contribution in [0.1, 0.15) is 6.42 Å². The van der Waals surface area contributed by atoms with Crippen LogP contribution in [0.15, 0.2) is 17.2 Å². The van der Waals surface area contributed by atoms with Gasteiger partial charge in [0.1, 0.15) is 0 Å². The lowest BCUT2D eigenvalue weighted by molar-refractivity contribution is 0.0769. The molecule has 1 aromatic rings. The first kappa shape index (κ1) is 10.4. The second-order valence-corrected chi connectivity index (χ2v) is 4.04. The molecule has 2 unspecified atom stereocenters. The fraction of sp³-hybridized carbons (Fsp3) is 0.700. The summed E-state index contributed by atoms with van der Waals surface area (Å²) in [7, 11) is 1.70. The van der Waals surface area contributed by atoms with E-state index >= 15 is 0 Å². The Morgan fingerprint density at radius 2 is 2.47 bits per heavy atom. The van der Waals surface area contributed by atoms with Crippen LogP contribution < -0.4 is 5.69 Å². The molecule has 15 heavy (non-hydrogen) atoms. The Kier molecular flexibility index (Phi) is 2.93. The van der Waals surface area contributed by atoms with Gasteiger partial charge in [0, 0.05) is 32.0 Å². The highest BCUT2D eigenvalue weighted by Gasteiger charge is 2.24. The smallest absolute Gasteiger partial charge is 0.327 e. The van der Waals surface area contributed by atoms with Crippen molar-refractivity contribution in [3.05, 3.63) is 22.9 Å². The summed E-state index contributed by atoms with van der Waals surface area (Å²) in [6, 6.07) is 0. The molecule has 1 fully saturated rings. The van der Waals surface area contributed by atoms with Gasteiger partial charge in [-0.25, -0.2) is 4.79 Å². The minimum Gasteiger partial charge on any atom is -0.391 e. The number of ether oxygens (including phenoxy) is 1. The molecule has 0 saturated carbocycles. The first-order valence-electron chi connectivity index (χ1n) is 5.16. The van der Waals surface area contributed by atoms with Crippen molar-refractivity contribution in [3.8, 4) is 0 Å². The number of rotatable bonds is 3. The van der Waals surface area contributed by atoms with Gasteiger partial charge in [-0.3, -0.25) is 4.57 Å². The van der Waals surface area contributed by atoms with Gasteiger partial charge in [0.15, 0.2) is 0 Å². The molecule has 0 radical (unpaired) electrons. The summed E-state index contributed by atoms with van der Waals surface area (Å²) < 4.78 is 8.23. The first-order chi connectivity index (χ1) is 7.18. The van der Waals surface area contributed by atoms with Crippen molar-refractivity contribution >= 4 is 0 Å². The van der Waals surface area contributed by atoms with Crippen molar-refractivity contribution in [2.75, 3.05) is 13.2 Å². The van der Waals surface area contributed by atoms with E-state index in [2.05, 4.69) is 0 Å². The number of aliphatic hydroxyl groups excluding tert-OH is 1. The molecule has 5 heteroatoms. The van der Waals surface area contributed by atoms with Crippen molar-refractivity contribution in [2.24, 2.45) is 13.0 Å². The molecule has 2 heterocycles. The largest absolute Gasteiger partial charge is 0.391 e. The lowest BCUT2D eigenvalue weighted by Gasteiger charge is -2.16. The summed E-state index contributed by atoms with van der Waals surface area (Å²) in [5.41, 5.74) is -0.0898. The van der Waals surface area contributed by atoms with Gasteiger partial charge in [0.2, 0.25) is 0 Å². The molecule has 1 aliphatic heterocycles.